The maximum absolute atomic E-state index is 13.5. The topological polar surface area (TPSA) is 88.5 Å². The van der Waals surface area contributed by atoms with Crippen LogP contribution in [0.15, 0.2) is 55.1 Å². The molecule has 2 heterocycles. The molecule has 2 bridgehead atoms. The van der Waals surface area contributed by atoms with Crippen molar-refractivity contribution in [3.63, 3.8) is 0 Å². The van der Waals surface area contributed by atoms with Crippen LogP contribution < -0.4 is 14.2 Å². The highest BCUT2D eigenvalue weighted by Gasteiger charge is 2.73. The van der Waals surface area contributed by atoms with Crippen molar-refractivity contribution in [1.29, 1.82) is 0 Å². The summed E-state index contributed by atoms with van der Waals surface area (Å²) in [5, 5.41) is 12.6. The van der Waals surface area contributed by atoms with Gasteiger partial charge in [0.05, 0.1) is 17.1 Å². The SMILES string of the molecule is C=CCN1CC[C@]23c4c5ccc(OC(C)=O)c4OC2C(N(C)C(=O)/C=C/c2cccc(OC(F)(F)F)c2)CC[C@@]3(O)[C@H]1C5. The quantitative estimate of drug-likeness (QED) is 0.219. The lowest BCUT2D eigenvalue weighted by molar-refractivity contribution is -0.274. The van der Waals surface area contributed by atoms with E-state index in [0.29, 0.717) is 50.1 Å². The van der Waals surface area contributed by atoms with Gasteiger partial charge in [-0.25, -0.2) is 0 Å². The van der Waals surface area contributed by atoms with E-state index < -0.39 is 35.5 Å². The van der Waals surface area contributed by atoms with Gasteiger partial charge >= 0.3 is 12.3 Å². The Morgan fingerprint density at radius 1 is 1.26 bits per heavy atom. The molecule has 8 nitrogen and oxygen atoms in total. The number of nitrogens with zero attached hydrogens (tertiary/aromatic N) is 2. The highest BCUT2D eigenvalue weighted by atomic mass is 19.4. The molecule has 5 atom stereocenters. The van der Waals surface area contributed by atoms with Crippen molar-refractivity contribution in [2.75, 3.05) is 20.1 Å². The molecule has 0 radical (unpaired) electrons. The molecule has 43 heavy (non-hydrogen) atoms. The lowest BCUT2D eigenvalue weighted by atomic mass is 9.48. The van der Waals surface area contributed by atoms with E-state index in [2.05, 4.69) is 16.2 Å². The number of rotatable bonds is 7. The standard InChI is InChI=1S/C32H33F3N2O6/c1-4-15-37-16-14-30-27-21-9-10-24(41-19(2)38)28(27)42-29(30)23(12-13-31(30,40)25(37)18-21)36(3)26(39)11-8-20-6-5-7-22(17-20)43-32(33,34)35/h4-11,17,23,25,29,40H,1,12-16,18H2,2-3H3/b11-8+/t23?,25-,29?,30+,31-/m1/s1. The summed E-state index contributed by atoms with van der Waals surface area (Å²) in [7, 11) is 1.66. The number of hydrogen-bond donors (Lipinski definition) is 1. The third-order valence-corrected chi connectivity index (χ3v) is 9.50. The molecule has 1 N–H and O–H groups in total. The van der Waals surface area contributed by atoms with Gasteiger partial charge < -0.3 is 24.2 Å². The first-order chi connectivity index (χ1) is 20.4. The van der Waals surface area contributed by atoms with Crippen LogP contribution >= 0.6 is 0 Å². The molecule has 2 aliphatic heterocycles. The van der Waals surface area contributed by atoms with Gasteiger partial charge in [0.2, 0.25) is 5.91 Å². The zero-order valence-electron chi connectivity index (χ0n) is 23.9. The zero-order valence-corrected chi connectivity index (χ0v) is 23.9. The van der Waals surface area contributed by atoms with Gasteiger partial charge in [0.15, 0.2) is 11.5 Å². The second-order valence-corrected chi connectivity index (χ2v) is 11.7. The third kappa shape index (κ3) is 4.69. The fraction of sp³-hybridized carbons (Fsp3) is 0.438. The van der Waals surface area contributed by atoms with E-state index >= 15 is 0 Å². The Kier molecular flexibility index (Phi) is 7.08. The van der Waals surface area contributed by atoms with Crippen LogP contribution in [-0.4, -0.2) is 77.1 Å². The van der Waals surface area contributed by atoms with Crippen LogP contribution in [0.2, 0.25) is 0 Å². The maximum Gasteiger partial charge on any atom is 0.573 e. The minimum absolute atomic E-state index is 0.184. The third-order valence-electron chi connectivity index (χ3n) is 9.50. The van der Waals surface area contributed by atoms with E-state index in [9.17, 15) is 27.9 Å². The van der Waals surface area contributed by atoms with Crippen LogP contribution in [0.5, 0.6) is 17.2 Å². The summed E-state index contributed by atoms with van der Waals surface area (Å²) in [5.74, 6) is -0.511. The smallest absolute Gasteiger partial charge is 0.483 e. The molecule has 4 aliphatic rings. The van der Waals surface area contributed by atoms with E-state index in [4.69, 9.17) is 9.47 Å². The molecule has 2 fully saturated rings. The molecular formula is C32H33F3N2O6. The van der Waals surface area contributed by atoms with Crippen molar-refractivity contribution >= 4 is 18.0 Å². The molecule has 2 aromatic rings. The van der Waals surface area contributed by atoms with Gasteiger partial charge in [-0.2, -0.15) is 0 Å². The molecule has 1 amide bonds. The molecule has 2 unspecified atom stereocenters. The number of amides is 1. The van der Waals surface area contributed by atoms with E-state index in [0.717, 1.165) is 11.1 Å². The average Bonchev–Trinajstić information content (AvgIpc) is 3.29. The Morgan fingerprint density at radius 3 is 2.77 bits per heavy atom. The van der Waals surface area contributed by atoms with Gasteiger partial charge in [-0.1, -0.05) is 24.3 Å². The number of piperidine rings is 1. The molecule has 2 aromatic carbocycles. The minimum Gasteiger partial charge on any atom is -0.483 e. The van der Waals surface area contributed by atoms with Gasteiger partial charge in [0.1, 0.15) is 11.9 Å². The van der Waals surface area contributed by atoms with Crippen LogP contribution in [0.3, 0.4) is 0 Å². The number of carbonyl (C=O) groups excluding carboxylic acids is 2. The van der Waals surface area contributed by atoms with Crippen molar-refractivity contribution in [3.05, 3.63) is 71.8 Å². The van der Waals surface area contributed by atoms with Gasteiger partial charge in [0, 0.05) is 38.2 Å². The molecule has 1 saturated heterocycles. The molecular weight excluding hydrogens is 565 g/mol. The van der Waals surface area contributed by atoms with Crippen molar-refractivity contribution in [1.82, 2.24) is 9.80 Å². The normalized spacial score (nSPS) is 29.0. The van der Waals surface area contributed by atoms with E-state index in [1.54, 1.807) is 24.1 Å². The number of alkyl halides is 3. The van der Waals surface area contributed by atoms with Crippen molar-refractivity contribution < 1.29 is 42.1 Å². The number of aliphatic hydroxyl groups is 1. The number of benzene rings is 2. The lowest BCUT2D eigenvalue weighted by Crippen LogP contribution is -2.78. The lowest BCUT2D eigenvalue weighted by Gasteiger charge is -2.64. The van der Waals surface area contributed by atoms with Crippen molar-refractivity contribution in [2.45, 2.75) is 68.2 Å². The highest BCUT2D eigenvalue weighted by Crippen LogP contribution is 2.66. The molecule has 1 spiro atoms. The summed E-state index contributed by atoms with van der Waals surface area (Å²) in [6.07, 6.45) is 1.19. The van der Waals surface area contributed by atoms with E-state index in [-0.39, 0.29) is 23.4 Å². The number of hydrogen-bond acceptors (Lipinski definition) is 7. The molecule has 228 valence electrons. The van der Waals surface area contributed by atoms with Crippen molar-refractivity contribution in [2.24, 2.45) is 0 Å². The van der Waals surface area contributed by atoms with Crippen LogP contribution in [0.4, 0.5) is 13.2 Å². The fourth-order valence-electron chi connectivity index (χ4n) is 7.87. The summed E-state index contributed by atoms with van der Waals surface area (Å²) < 4.78 is 54.2. The summed E-state index contributed by atoms with van der Waals surface area (Å²) in [6.45, 7) is 6.54. The van der Waals surface area contributed by atoms with Crippen LogP contribution in [-0.2, 0) is 21.4 Å². The highest BCUT2D eigenvalue weighted by molar-refractivity contribution is 5.92. The van der Waals surface area contributed by atoms with Crippen LogP contribution in [0.25, 0.3) is 6.08 Å². The number of halogens is 3. The largest absolute Gasteiger partial charge is 0.573 e. The Labute approximate surface area is 247 Å². The first-order valence-corrected chi connectivity index (χ1v) is 14.3. The fourth-order valence-corrected chi connectivity index (χ4v) is 7.87. The second kappa shape index (κ2) is 10.4. The zero-order chi connectivity index (χ0) is 30.7. The molecule has 0 aromatic heterocycles. The number of likely N-dealkylation sites (N-methyl/N-ethyl adjacent to an activating group) is 1. The van der Waals surface area contributed by atoms with Gasteiger partial charge in [-0.3, -0.25) is 14.5 Å². The first-order valence-electron chi connectivity index (χ1n) is 14.3. The van der Waals surface area contributed by atoms with Gasteiger partial charge in [-0.15, -0.1) is 19.8 Å². The molecule has 1 saturated carbocycles. The minimum atomic E-state index is -4.82. The summed E-state index contributed by atoms with van der Waals surface area (Å²) in [4.78, 5) is 29.3. The molecule has 6 rings (SSSR count). The van der Waals surface area contributed by atoms with Crippen LogP contribution in [0, 0.1) is 0 Å². The predicted molar refractivity (Wildman–Crippen MR) is 151 cm³/mol. The van der Waals surface area contributed by atoms with Crippen LogP contribution in [0.1, 0.15) is 42.9 Å². The Balaban J connectivity index is 1.34. The molecule has 2 aliphatic carbocycles. The second-order valence-electron chi connectivity index (χ2n) is 11.7. The number of esters is 1. The van der Waals surface area contributed by atoms with Gasteiger partial charge in [-0.05, 0) is 67.6 Å². The van der Waals surface area contributed by atoms with Crippen molar-refractivity contribution in [3.8, 4) is 17.2 Å². The number of carbonyl (C=O) groups is 2. The Morgan fingerprint density at radius 2 is 2.05 bits per heavy atom. The predicted octanol–water partition coefficient (Wildman–Crippen LogP) is 4.39. The Hall–Kier alpha value is -3.83. The number of likely N-dealkylation sites (tertiary alicyclic amines) is 1. The summed E-state index contributed by atoms with van der Waals surface area (Å²) >= 11 is 0. The Bertz CT molecular complexity index is 1510. The average molecular weight is 599 g/mol. The monoisotopic (exact) mass is 598 g/mol. The number of ether oxygens (including phenoxy) is 3. The van der Waals surface area contributed by atoms with E-state index in [1.807, 2.05) is 12.1 Å². The molecule has 11 heteroatoms. The van der Waals surface area contributed by atoms with Gasteiger partial charge in [0.25, 0.3) is 0 Å². The maximum atomic E-state index is 13.5. The first kappa shape index (κ1) is 29.3. The van der Waals surface area contributed by atoms with E-state index in [1.165, 1.54) is 37.3 Å². The summed E-state index contributed by atoms with van der Waals surface area (Å²) in [6, 6.07) is 8.41. The summed E-state index contributed by atoms with van der Waals surface area (Å²) in [5.41, 5.74) is 0.258.